The third kappa shape index (κ3) is 5.04. The van der Waals surface area contributed by atoms with Crippen LogP contribution in [0.2, 0.25) is 10.0 Å². The van der Waals surface area contributed by atoms with Crippen LogP contribution in [0.1, 0.15) is 12.5 Å². The standard InChI is InChI=1S/C22H16Cl2N2O2/c1-14(22(27)26-20-11-18(23)10-19(24)12-20)28-21-8-6-17(7-9-21)16-4-2-15(13-25)3-5-16/h2-12,14H,1H3,(H,26,27)/t14-/m0/s1. The van der Waals surface area contributed by atoms with E-state index in [2.05, 4.69) is 11.4 Å². The Balaban J connectivity index is 1.64. The van der Waals surface area contributed by atoms with Gasteiger partial charge in [0.2, 0.25) is 0 Å². The van der Waals surface area contributed by atoms with Gasteiger partial charge in [-0.2, -0.15) is 5.26 Å². The van der Waals surface area contributed by atoms with Gasteiger partial charge >= 0.3 is 0 Å². The first-order valence-electron chi connectivity index (χ1n) is 8.49. The minimum Gasteiger partial charge on any atom is -0.481 e. The summed E-state index contributed by atoms with van der Waals surface area (Å²) < 4.78 is 5.72. The first-order valence-corrected chi connectivity index (χ1v) is 9.24. The molecule has 1 amide bonds. The lowest BCUT2D eigenvalue weighted by atomic mass is 10.0. The number of hydrogen-bond acceptors (Lipinski definition) is 3. The molecule has 0 aliphatic rings. The lowest BCUT2D eigenvalue weighted by molar-refractivity contribution is -0.122. The number of benzene rings is 3. The van der Waals surface area contributed by atoms with Crippen molar-refractivity contribution in [2.45, 2.75) is 13.0 Å². The van der Waals surface area contributed by atoms with E-state index in [0.29, 0.717) is 27.0 Å². The zero-order valence-corrected chi connectivity index (χ0v) is 16.5. The second-order valence-corrected chi connectivity index (χ2v) is 6.99. The molecular formula is C22H16Cl2N2O2. The van der Waals surface area contributed by atoms with Crippen LogP contribution in [-0.2, 0) is 4.79 Å². The summed E-state index contributed by atoms with van der Waals surface area (Å²) in [4.78, 5) is 12.3. The Morgan fingerprint density at radius 3 is 2.04 bits per heavy atom. The molecule has 140 valence electrons. The Morgan fingerprint density at radius 2 is 1.50 bits per heavy atom. The summed E-state index contributed by atoms with van der Waals surface area (Å²) in [5.74, 6) is 0.263. The smallest absolute Gasteiger partial charge is 0.265 e. The van der Waals surface area contributed by atoms with Gasteiger partial charge in [0.25, 0.3) is 5.91 Å². The predicted octanol–water partition coefficient (Wildman–Crippen LogP) is 5.94. The number of nitrogens with zero attached hydrogens (tertiary/aromatic N) is 1. The van der Waals surface area contributed by atoms with Crippen LogP contribution in [-0.4, -0.2) is 12.0 Å². The van der Waals surface area contributed by atoms with Crippen molar-refractivity contribution in [3.63, 3.8) is 0 Å². The first kappa shape index (κ1) is 19.8. The molecule has 0 saturated heterocycles. The molecule has 0 radical (unpaired) electrons. The molecule has 0 unspecified atom stereocenters. The van der Waals surface area contributed by atoms with E-state index >= 15 is 0 Å². The van der Waals surface area contributed by atoms with E-state index in [4.69, 9.17) is 33.2 Å². The van der Waals surface area contributed by atoms with Gasteiger partial charge < -0.3 is 10.1 Å². The van der Waals surface area contributed by atoms with E-state index < -0.39 is 6.10 Å². The van der Waals surface area contributed by atoms with Crippen molar-refractivity contribution in [3.05, 3.63) is 82.3 Å². The fraction of sp³-hybridized carbons (Fsp3) is 0.0909. The van der Waals surface area contributed by atoms with Crippen LogP contribution < -0.4 is 10.1 Å². The molecule has 3 aromatic carbocycles. The Hall–Kier alpha value is -3.00. The van der Waals surface area contributed by atoms with Gasteiger partial charge in [-0.05, 0) is 60.5 Å². The molecule has 0 spiro atoms. The fourth-order valence-corrected chi connectivity index (χ4v) is 3.12. The predicted molar refractivity (Wildman–Crippen MR) is 112 cm³/mol. The number of halogens is 2. The molecule has 4 nitrogen and oxygen atoms in total. The summed E-state index contributed by atoms with van der Waals surface area (Å²) in [6.45, 7) is 1.66. The number of rotatable bonds is 5. The molecule has 0 aliphatic heterocycles. The normalized spacial score (nSPS) is 11.4. The van der Waals surface area contributed by atoms with Gasteiger partial charge in [0.05, 0.1) is 11.6 Å². The van der Waals surface area contributed by atoms with Gasteiger partial charge in [0.15, 0.2) is 6.10 Å². The monoisotopic (exact) mass is 410 g/mol. The SMILES string of the molecule is C[C@H](Oc1ccc(-c2ccc(C#N)cc2)cc1)C(=O)Nc1cc(Cl)cc(Cl)c1. The van der Waals surface area contributed by atoms with Crippen LogP contribution in [0.4, 0.5) is 5.69 Å². The molecule has 0 bridgehead atoms. The quantitative estimate of drug-likeness (QED) is 0.565. The Morgan fingerprint density at radius 1 is 0.964 bits per heavy atom. The lowest BCUT2D eigenvalue weighted by Gasteiger charge is -2.15. The molecule has 0 saturated carbocycles. The molecule has 3 aromatic rings. The van der Waals surface area contributed by atoms with Gasteiger partial charge in [-0.1, -0.05) is 47.5 Å². The van der Waals surface area contributed by atoms with Crippen LogP contribution in [0.25, 0.3) is 11.1 Å². The second-order valence-electron chi connectivity index (χ2n) is 6.12. The van der Waals surface area contributed by atoms with Crippen molar-refractivity contribution in [2.24, 2.45) is 0 Å². The third-order valence-corrected chi connectivity index (χ3v) is 4.45. The minimum atomic E-state index is -0.710. The zero-order chi connectivity index (χ0) is 20.1. The number of nitrogens with one attached hydrogen (secondary N) is 1. The van der Waals surface area contributed by atoms with E-state index in [1.807, 2.05) is 24.3 Å². The summed E-state index contributed by atoms with van der Waals surface area (Å²) in [6.07, 6.45) is -0.710. The van der Waals surface area contributed by atoms with Gasteiger partial charge in [-0.15, -0.1) is 0 Å². The highest BCUT2D eigenvalue weighted by Gasteiger charge is 2.15. The number of nitriles is 1. The van der Waals surface area contributed by atoms with Crippen molar-refractivity contribution in [1.82, 2.24) is 0 Å². The molecule has 1 N–H and O–H groups in total. The highest BCUT2D eigenvalue weighted by atomic mass is 35.5. The largest absolute Gasteiger partial charge is 0.481 e. The van der Waals surface area contributed by atoms with Crippen molar-refractivity contribution >= 4 is 34.8 Å². The highest BCUT2D eigenvalue weighted by Crippen LogP contribution is 2.25. The molecule has 0 aromatic heterocycles. The number of anilines is 1. The van der Waals surface area contributed by atoms with E-state index in [1.165, 1.54) is 0 Å². The van der Waals surface area contributed by atoms with E-state index in [0.717, 1.165) is 11.1 Å². The lowest BCUT2D eigenvalue weighted by Crippen LogP contribution is -2.30. The van der Waals surface area contributed by atoms with Crippen LogP contribution in [0, 0.1) is 11.3 Å². The number of ether oxygens (including phenoxy) is 1. The van der Waals surface area contributed by atoms with Gasteiger partial charge in [0.1, 0.15) is 5.75 Å². The van der Waals surface area contributed by atoms with E-state index in [1.54, 1.807) is 49.4 Å². The Kier molecular flexibility index (Phi) is 6.20. The van der Waals surface area contributed by atoms with E-state index in [-0.39, 0.29) is 5.91 Å². The number of carbonyl (C=O) groups excluding carboxylic acids is 1. The molecular weight excluding hydrogens is 395 g/mol. The van der Waals surface area contributed by atoms with Crippen LogP contribution in [0.5, 0.6) is 5.75 Å². The third-order valence-electron chi connectivity index (χ3n) is 4.01. The molecule has 28 heavy (non-hydrogen) atoms. The molecule has 0 aliphatic carbocycles. The average Bonchev–Trinajstić information content (AvgIpc) is 2.68. The van der Waals surface area contributed by atoms with Crippen molar-refractivity contribution in [3.8, 4) is 22.9 Å². The average molecular weight is 411 g/mol. The maximum atomic E-state index is 12.3. The maximum absolute atomic E-state index is 12.3. The molecule has 3 rings (SSSR count). The van der Waals surface area contributed by atoms with Gasteiger partial charge in [0, 0.05) is 15.7 Å². The minimum absolute atomic E-state index is 0.311. The summed E-state index contributed by atoms with van der Waals surface area (Å²) in [6, 6.07) is 21.6. The maximum Gasteiger partial charge on any atom is 0.265 e. The number of hydrogen-bond donors (Lipinski definition) is 1. The summed E-state index contributed by atoms with van der Waals surface area (Å²) >= 11 is 11.9. The molecule has 0 heterocycles. The van der Waals surface area contributed by atoms with Crippen molar-refractivity contribution in [2.75, 3.05) is 5.32 Å². The Bertz CT molecular complexity index is 1010. The van der Waals surface area contributed by atoms with E-state index in [9.17, 15) is 4.79 Å². The summed E-state index contributed by atoms with van der Waals surface area (Å²) in [7, 11) is 0. The number of carbonyl (C=O) groups is 1. The van der Waals surface area contributed by atoms with Gasteiger partial charge in [-0.3, -0.25) is 4.79 Å². The van der Waals surface area contributed by atoms with Gasteiger partial charge in [-0.25, -0.2) is 0 Å². The molecule has 1 atom stereocenters. The van der Waals surface area contributed by atoms with Crippen LogP contribution >= 0.6 is 23.2 Å². The second kappa shape index (κ2) is 8.79. The molecule has 0 fully saturated rings. The topological polar surface area (TPSA) is 62.1 Å². The highest BCUT2D eigenvalue weighted by molar-refractivity contribution is 6.35. The summed E-state index contributed by atoms with van der Waals surface area (Å²) in [5.41, 5.74) is 3.11. The summed E-state index contributed by atoms with van der Waals surface area (Å²) in [5, 5.41) is 12.5. The Labute approximate surface area is 173 Å². The molecule has 6 heteroatoms. The number of amides is 1. The van der Waals surface area contributed by atoms with Crippen molar-refractivity contribution in [1.29, 1.82) is 5.26 Å². The van der Waals surface area contributed by atoms with Crippen LogP contribution in [0.3, 0.4) is 0 Å². The zero-order valence-electron chi connectivity index (χ0n) is 14.9. The van der Waals surface area contributed by atoms with Crippen molar-refractivity contribution < 1.29 is 9.53 Å². The first-order chi connectivity index (χ1) is 13.4. The fourth-order valence-electron chi connectivity index (χ4n) is 2.59. The van der Waals surface area contributed by atoms with Crippen LogP contribution in [0.15, 0.2) is 66.7 Å².